The van der Waals surface area contributed by atoms with Gasteiger partial charge in [-0.15, -0.1) is 0 Å². The Morgan fingerprint density at radius 2 is 1.80 bits per heavy atom. The molecule has 0 unspecified atom stereocenters. The van der Waals surface area contributed by atoms with Gasteiger partial charge in [-0.3, -0.25) is 0 Å². The van der Waals surface area contributed by atoms with Gasteiger partial charge in [-0.25, -0.2) is 0 Å². The first-order chi connectivity index (χ1) is 9.65. The van der Waals surface area contributed by atoms with Crippen molar-refractivity contribution < 1.29 is 4.52 Å². The first kappa shape index (κ1) is 13.6. The number of hydrogen-bond donors (Lipinski definition) is 1. The maximum Gasteiger partial charge on any atom is 0.176 e. The summed E-state index contributed by atoms with van der Waals surface area (Å²) in [4.78, 5) is 0. The predicted molar refractivity (Wildman–Crippen MR) is 92.2 cm³/mol. The van der Waals surface area contributed by atoms with Gasteiger partial charge < -0.3 is 10.3 Å². The average molecular weight is 441 g/mol. The summed E-state index contributed by atoms with van der Waals surface area (Å²) in [6.07, 6.45) is 0. The zero-order valence-electron chi connectivity index (χ0n) is 10.3. The minimum Gasteiger partial charge on any atom is -0.380 e. The smallest absolute Gasteiger partial charge is 0.176 e. The number of nitrogens with zero attached hydrogens (tertiary/aromatic N) is 1. The summed E-state index contributed by atoms with van der Waals surface area (Å²) in [6.45, 7) is 0. The standard InChI is InChI=1S/C15H10BrIN2O/c16-11-5-1-3-9(7-11)13-14(20-19-15(13)18)10-4-2-6-12(17)8-10/h1-8H,(H2,18,19). The van der Waals surface area contributed by atoms with Crippen LogP contribution in [0.4, 0.5) is 5.82 Å². The molecule has 0 saturated heterocycles. The lowest BCUT2D eigenvalue weighted by atomic mass is 10.0. The largest absolute Gasteiger partial charge is 0.380 e. The maximum absolute atomic E-state index is 5.98. The van der Waals surface area contributed by atoms with E-state index in [0.29, 0.717) is 11.6 Å². The van der Waals surface area contributed by atoms with Gasteiger partial charge in [-0.05, 0) is 52.4 Å². The Kier molecular flexibility index (Phi) is 3.80. The van der Waals surface area contributed by atoms with Crippen molar-refractivity contribution in [3.63, 3.8) is 0 Å². The van der Waals surface area contributed by atoms with Crippen LogP contribution in [0.3, 0.4) is 0 Å². The quantitative estimate of drug-likeness (QED) is 0.573. The monoisotopic (exact) mass is 440 g/mol. The zero-order chi connectivity index (χ0) is 14.1. The van der Waals surface area contributed by atoms with E-state index in [1.807, 2.05) is 48.5 Å². The first-order valence-corrected chi connectivity index (χ1v) is 7.79. The number of anilines is 1. The number of hydrogen-bond acceptors (Lipinski definition) is 3. The summed E-state index contributed by atoms with van der Waals surface area (Å²) in [5.41, 5.74) is 8.75. The van der Waals surface area contributed by atoms with Crippen molar-refractivity contribution in [3.8, 4) is 22.5 Å². The van der Waals surface area contributed by atoms with E-state index in [4.69, 9.17) is 10.3 Å². The molecule has 1 aromatic heterocycles. The molecule has 2 N–H and O–H groups in total. The van der Waals surface area contributed by atoms with Gasteiger partial charge in [0.1, 0.15) is 0 Å². The van der Waals surface area contributed by atoms with Gasteiger partial charge in [-0.2, -0.15) is 0 Å². The molecule has 3 nitrogen and oxygen atoms in total. The van der Waals surface area contributed by atoms with Crippen LogP contribution in [0.2, 0.25) is 0 Å². The van der Waals surface area contributed by atoms with Crippen LogP contribution in [0.5, 0.6) is 0 Å². The van der Waals surface area contributed by atoms with Gasteiger partial charge in [-0.1, -0.05) is 45.4 Å². The summed E-state index contributed by atoms with van der Waals surface area (Å²) >= 11 is 5.74. The van der Waals surface area contributed by atoms with Gasteiger partial charge >= 0.3 is 0 Å². The summed E-state index contributed by atoms with van der Waals surface area (Å²) in [6, 6.07) is 16.0. The zero-order valence-corrected chi connectivity index (χ0v) is 14.1. The average Bonchev–Trinajstić information content (AvgIpc) is 2.80. The summed E-state index contributed by atoms with van der Waals surface area (Å²) < 4.78 is 7.56. The molecular formula is C15H10BrIN2O. The lowest BCUT2D eigenvalue weighted by Gasteiger charge is -2.04. The fourth-order valence-corrected chi connectivity index (χ4v) is 2.99. The van der Waals surface area contributed by atoms with Crippen molar-refractivity contribution in [1.82, 2.24) is 5.16 Å². The summed E-state index contributed by atoms with van der Waals surface area (Å²) in [5.74, 6) is 1.09. The molecule has 0 bridgehead atoms. The highest BCUT2D eigenvalue weighted by atomic mass is 127. The molecular weight excluding hydrogens is 431 g/mol. The second-order valence-electron chi connectivity index (χ2n) is 4.29. The number of aromatic nitrogens is 1. The van der Waals surface area contributed by atoms with Crippen LogP contribution in [0.15, 0.2) is 57.5 Å². The summed E-state index contributed by atoms with van der Waals surface area (Å²) in [5, 5.41) is 3.91. The molecule has 0 saturated carbocycles. The number of halogens is 2. The van der Waals surface area contributed by atoms with Gasteiger partial charge in [0.05, 0.1) is 5.56 Å². The maximum atomic E-state index is 5.98. The fraction of sp³-hybridized carbons (Fsp3) is 0. The number of nitrogen functional groups attached to an aromatic ring is 1. The van der Waals surface area contributed by atoms with Crippen molar-refractivity contribution in [3.05, 3.63) is 56.6 Å². The van der Waals surface area contributed by atoms with E-state index < -0.39 is 0 Å². The SMILES string of the molecule is Nc1noc(-c2cccc(I)c2)c1-c1cccc(Br)c1. The van der Waals surface area contributed by atoms with Crippen LogP contribution in [-0.4, -0.2) is 5.16 Å². The molecule has 0 spiro atoms. The van der Waals surface area contributed by atoms with E-state index in [2.05, 4.69) is 43.7 Å². The molecule has 0 aliphatic rings. The molecule has 5 heteroatoms. The molecule has 3 rings (SSSR count). The van der Waals surface area contributed by atoms with Crippen molar-refractivity contribution in [2.24, 2.45) is 0 Å². The third kappa shape index (κ3) is 2.60. The second-order valence-corrected chi connectivity index (χ2v) is 6.45. The molecule has 1 heterocycles. The van der Waals surface area contributed by atoms with Crippen LogP contribution in [0, 0.1) is 3.57 Å². The van der Waals surface area contributed by atoms with E-state index in [0.717, 1.165) is 24.7 Å². The van der Waals surface area contributed by atoms with Gasteiger partial charge in [0, 0.05) is 13.6 Å². The van der Waals surface area contributed by atoms with Crippen molar-refractivity contribution in [2.45, 2.75) is 0 Å². The van der Waals surface area contributed by atoms with E-state index >= 15 is 0 Å². The molecule has 0 fully saturated rings. The van der Waals surface area contributed by atoms with Crippen LogP contribution in [-0.2, 0) is 0 Å². The third-order valence-electron chi connectivity index (χ3n) is 2.92. The Balaban J connectivity index is 2.20. The number of benzene rings is 2. The normalized spacial score (nSPS) is 10.7. The molecule has 100 valence electrons. The van der Waals surface area contributed by atoms with E-state index in [1.165, 1.54) is 0 Å². The van der Waals surface area contributed by atoms with Gasteiger partial charge in [0.15, 0.2) is 11.6 Å². The lowest BCUT2D eigenvalue weighted by molar-refractivity contribution is 0.436. The number of nitrogens with two attached hydrogens (primary N) is 1. The van der Waals surface area contributed by atoms with E-state index in [9.17, 15) is 0 Å². The van der Waals surface area contributed by atoms with Crippen molar-refractivity contribution >= 4 is 44.3 Å². The third-order valence-corrected chi connectivity index (χ3v) is 4.08. The van der Waals surface area contributed by atoms with Crippen LogP contribution in [0.1, 0.15) is 0 Å². The highest BCUT2D eigenvalue weighted by molar-refractivity contribution is 14.1. The molecule has 20 heavy (non-hydrogen) atoms. The molecule has 2 aromatic carbocycles. The van der Waals surface area contributed by atoms with Crippen LogP contribution in [0.25, 0.3) is 22.5 Å². The minimum atomic E-state index is 0.400. The second kappa shape index (κ2) is 5.57. The van der Waals surface area contributed by atoms with Crippen LogP contribution >= 0.6 is 38.5 Å². The Morgan fingerprint density at radius 3 is 2.55 bits per heavy atom. The highest BCUT2D eigenvalue weighted by Gasteiger charge is 2.17. The van der Waals surface area contributed by atoms with E-state index in [1.54, 1.807) is 0 Å². The molecule has 0 aliphatic heterocycles. The number of rotatable bonds is 2. The molecule has 0 radical (unpaired) electrons. The molecule has 3 aromatic rings. The Labute approximate surface area is 138 Å². The fourth-order valence-electron chi connectivity index (χ4n) is 2.05. The minimum absolute atomic E-state index is 0.400. The summed E-state index contributed by atoms with van der Waals surface area (Å²) in [7, 11) is 0. The van der Waals surface area contributed by atoms with Crippen LogP contribution < -0.4 is 5.73 Å². The molecule has 0 aliphatic carbocycles. The van der Waals surface area contributed by atoms with Gasteiger partial charge in [0.2, 0.25) is 0 Å². The Morgan fingerprint density at radius 1 is 1.05 bits per heavy atom. The molecule has 0 amide bonds. The Bertz CT molecular complexity index is 770. The van der Waals surface area contributed by atoms with Crippen molar-refractivity contribution in [2.75, 3.05) is 5.73 Å². The highest BCUT2D eigenvalue weighted by Crippen LogP contribution is 2.37. The Hall–Kier alpha value is -1.34. The first-order valence-electron chi connectivity index (χ1n) is 5.92. The molecule has 0 atom stereocenters. The van der Waals surface area contributed by atoms with Gasteiger partial charge in [0.25, 0.3) is 0 Å². The van der Waals surface area contributed by atoms with Crippen molar-refractivity contribution in [1.29, 1.82) is 0 Å². The predicted octanol–water partition coefficient (Wildman–Crippen LogP) is 4.96. The van der Waals surface area contributed by atoms with E-state index in [-0.39, 0.29) is 0 Å². The lowest BCUT2D eigenvalue weighted by Crippen LogP contribution is -1.89. The topological polar surface area (TPSA) is 52.0 Å².